The van der Waals surface area contributed by atoms with Crippen molar-refractivity contribution in [1.29, 1.82) is 0 Å². The largest absolute Gasteiger partial charge is 0.494 e. The summed E-state index contributed by atoms with van der Waals surface area (Å²) in [5, 5.41) is 8.55. The predicted octanol–water partition coefficient (Wildman–Crippen LogP) is 5.42. The number of anilines is 1. The molecule has 2 aromatic carbocycles. The quantitative estimate of drug-likeness (QED) is 0.444. The third kappa shape index (κ3) is 3.81. The van der Waals surface area contributed by atoms with Crippen LogP contribution in [0, 0.1) is 6.92 Å². The first kappa shape index (κ1) is 19.7. The molecule has 0 saturated carbocycles. The third-order valence-electron chi connectivity index (χ3n) is 4.39. The van der Waals surface area contributed by atoms with E-state index < -0.39 is 0 Å². The van der Waals surface area contributed by atoms with Crippen LogP contribution < -0.4 is 10.1 Å². The van der Waals surface area contributed by atoms with Gasteiger partial charge in [0.05, 0.1) is 29.6 Å². The first-order chi connectivity index (χ1) is 14.0. The first-order valence-electron chi connectivity index (χ1n) is 8.69. The van der Waals surface area contributed by atoms with Gasteiger partial charge in [0.1, 0.15) is 16.4 Å². The molecule has 0 unspecified atom stereocenters. The Morgan fingerprint density at radius 3 is 2.76 bits per heavy atom. The molecule has 0 aliphatic rings. The lowest BCUT2D eigenvalue weighted by Crippen LogP contribution is -2.13. The number of hydrogen-bond acceptors (Lipinski definition) is 5. The maximum absolute atomic E-state index is 12.9. The standard InChI is InChI=1S/C20H16Cl2N4O2S/c1-11-16(18(22)26(25-11)10-12-6-3-4-7-13(12)21)19(27)24-20-23-17-14(28-2)8-5-9-15(17)29-20/h3-9H,10H2,1-2H3,(H,23,24,27). The van der Waals surface area contributed by atoms with Gasteiger partial charge >= 0.3 is 0 Å². The van der Waals surface area contributed by atoms with E-state index in [-0.39, 0.29) is 11.1 Å². The zero-order chi connectivity index (χ0) is 20.5. The number of benzene rings is 2. The Morgan fingerprint density at radius 1 is 1.21 bits per heavy atom. The molecule has 4 aromatic rings. The van der Waals surface area contributed by atoms with Crippen LogP contribution in [0.3, 0.4) is 0 Å². The van der Waals surface area contributed by atoms with Crippen molar-refractivity contribution in [1.82, 2.24) is 14.8 Å². The number of aryl methyl sites for hydroxylation is 1. The second-order valence-electron chi connectivity index (χ2n) is 6.28. The zero-order valence-corrected chi connectivity index (χ0v) is 17.9. The molecule has 2 aromatic heterocycles. The molecular weight excluding hydrogens is 431 g/mol. The summed E-state index contributed by atoms with van der Waals surface area (Å²) in [5.41, 5.74) is 2.40. The number of methoxy groups -OCH3 is 1. The summed E-state index contributed by atoms with van der Waals surface area (Å²) in [6.07, 6.45) is 0. The number of thiazole rings is 1. The van der Waals surface area contributed by atoms with E-state index in [1.165, 1.54) is 11.3 Å². The number of aromatic nitrogens is 3. The van der Waals surface area contributed by atoms with Crippen LogP contribution in [0.2, 0.25) is 10.2 Å². The Bertz CT molecular complexity index is 1220. The van der Waals surface area contributed by atoms with Gasteiger partial charge in [-0.2, -0.15) is 5.10 Å². The smallest absolute Gasteiger partial charge is 0.262 e. The molecular formula is C20H16Cl2N4O2S. The summed E-state index contributed by atoms with van der Waals surface area (Å²) in [6.45, 7) is 2.11. The Morgan fingerprint density at radius 2 is 2.00 bits per heavy atom. The molecule has 6 nitrogen and oxygen atoms in total. The average molecular weight is 447 g/mol. The van der Waals surface area contributed by atoms with Gasteiger partial charge in [-0.15, -0.1) is 0 Å². The maximum Gasteiger partial charge on any atom is 0.262 e. The minimum absolute atomic E-state index is 0.249. The Kier molecular flexibility index (Phi) is 5.45. The normalized spacial score (nSPS) is 11.0. The zero-order valence-electron chi connectivity index (χ0n) is 15.6. The van der Waals surface area contributed by atoms with Gasteiger partial charge in [-0.3, -0.25) is 10.1 Å². The number of carbonyl (C=O) groups is 1. The molecule has 29 heavy (non-hydrogen) atoms. The molecule has 4 rings (SSSR count). The summed E-state index contributed by atoms with van der Waals surface area (Å²) in [5.74, 6) is 0.289. The predicted molar refractivity (Wildman–Crippen MR) is 117 cm³/mol. The van der Waals surface area contributed by atoms with E-state index >= 15 is 0 Å². The van der Waals surface area contributed by atoms with Crippen molar-refractivity contribution in [2.24, 2.45) is 0 Å². The molecule has 0 aliphatic carbocycles. The fraction of sp³-hybridized carbons (Fsp3) is 0.150. The van der Waals surface area contributed by atoms with Crippen molar-refractivity contribution in [3.8, 4) is 5.75 Å². The van der Waals surface area contributed by atoms with E-state index in [2.05, 4.69) is 15.4 Å². The molecule has 0 radical (unpaired) electrons. The molecule has 0 saturated heterocycles. The summed E-state index contributed by atoms with van der Waals surface area (Å²) in [4.78, 5) is 17.3. The van der Waals surface area contributed by atoms with E-state index in [1.54, 1.807) is 24.8 Å². The Labute approximate surface area is 181 Å². The number of fused-ring (bicyclic) bond motifs is 1. The summed E-state index contributed by atoms with van der Waals surface area (Å²) in [6, 6.07) is 13.1. The Hall–Kier alpha value is -2.61. The molecule has 0 fully saturated rings. The fourth-order valence-corrected chi connectivity index (χ4v) is 4.40. The molecule has 0 aliphatic heterocycles. The topological polar surface area (TPSA) is 69.0 Å². The van der Waals surface area contributed by atoms with Gasteiger partial charge in [-0.25, -0.2) is 9.67 Å². The molecule has 0 atom stereocenters. The lowest BCUT2D eigenvalue weighted by molar-refractivity contribution is 0.102. The number of para-hydroxylation sites is 1. The van der Waals surface area contributed by atoms with Crippen LogP contribution in [0.15, 0.2) is 42.5 Å². The van der Waals surface area contributed by atoms with Gasteiger partial charge in [0.2, 0.25) is 0 Å². The first-order valence-corrected chi connectivity index (χ1v) is 10.3. The number of halogens is 2. The molecule has 1 N–H and O–H groups in total. The molecule has 148 valence electrons. The van der Waals surface area contributed by atoms with Crippen LogP contribution in [0.1, 0.15) is 21.6 Å². The van der Waals surface area contributed by atoms with Gasteiger partial charge in [0, 0.05) is 5.02 Å². The number of carbonyl (C=O) groups excluding carboxylic acids is 1. The average Bonchev–Trinajstić information content (AvgIpc) is 3.23. The van der Waals surface area contributed by atoms with E-state index in [4.69, 9.17) is 27.9 Å². The van der Waals surface area contributed by atoms with Crippen LogP contribution in [0.5, 0.6) is 5.75 Å². The van der Waals surface area contributed by atoms with Crippen molar-refractivity contribution in [2.45, 2.75) is 13.5 Å². The number of ether oxygens (including phenoxy) is 1. The summed E-state index contributed by atoms with van der Waals surface area (Å²) in [7, 11) is 1.59. The Balaban J connectivity index is 1.61. The van der Waals surface area contributed by atoms with E-state index in [0.717, 1.165) is 10.3 Å². The highest BCUT2D eigenvalue weighted by Gasteiger charge is 2.22. The maximum atomic E-state index is 12.9. The number of amides is 1. The van der Waals surface area contributed by atoms with E-state index in [1.807, 2.05) is 36.4 Å². The van der Waals surface area contributed by atoms with Crippen LogP contribution in [-0.2, 0) is 6.54 Å². The lowest BCUT2D eigenvalue weighted by Gasteiger charge is -2.06. The number of rotatable bonds is 5. The van der Waals surface area contributed by atoms with Gasteiger partial charge in [-0.1, -0.05) is 58.8 Å². The fourth-order valence-electron chi connectivity index (χ4n) is 3.01. The minimum atomic E-state index is -0.365. The van der Waals surface area contributed by atoms with Crippen LogP contribution in [-0.4, -0.2) is 27.8 Å². The van der Waals surface area contributed by atoms with E-state index in [9.17, 15) is 4.79 Å². The number of nitrogens with one attached hydrogen (secondary N) is 1. The van der Waals surface area contributed by atoms with Crippen LogP contribution >= 0.6 is 34.5 Å². The van der Waals surface area contributed by atoms with Gasteiger partial charge < -0.3 is 4.74 Å². The second kappa shape index (κ2) is 8.02. The monoisotopic (exact) mass is 446 g/mol. The van der Waals surface area contributed by atoms with Crippen LogP contribution in [0.25, 0.3) is 10.2 Å². The van der Waals surface area contributed by atoms with Crippen molar-refractivity contribution in [3.05, 3.63) is 69.5 Å². The van der Waals surface area contributed by atoms with E-state index in [0.29, 0.717) is 39.2 Å². The lowest BCUT2D eigenvalue weighted by atomic mass is 10.2. The van der Waals surface area contributed by atoms with Crippen molar-refractivity contribution in [2.75, 3.05) is 12.4 Å². The van der Waals surface area contributed by atoms with Crippen molar-refractivity contribution < 1.29 is 9.53 Å². The summed E-state index contributed by atoms with van der Waals surface area (Å²) >= 11 is 14.1. The highest BCUT2D eigenvalue weighted by molar-refractivity contribution is 7.22. The number of nitrogens with zero attached hydrogens (tertiary/aromatic N) is 3. The highest BCUT2D eigenvalue weighted by atomic mass is 35.5. The van der Waals surface area contributed by atoms with Gasteiger partial charge in [0.25, 0.3) is 5.91 Å². The molecule has 9 heteroatoms. The van der Waals surface area contributed by atoms with Gasteiger partial charge in [-0.05, 0) is 30.7 Å². The van der Waals surface area contributed by atoms with Gasteiger partial charge in [0.15, 0.2) is 5.13 Å². The van der Waals surface area contributed by atoms with Crippen molar-refractivity contribution in [3.63, 3.8) is 0 Å². The van der Waals surface area contributed by atoms with Crippen LogP contribution in [0.4, 0.5) is 5.13 Å². The van der Waals surface area contributed by atoms with Crippen molar-refractivity contribution >= 4 is 55.8 Å². The second-order valence-corrected chi connectivity index (χ2v) is 8.08. The third-order valence-corrected chi connectivity index (χ3v) is 6.08. The molecule has 2 heterocycles. The molecule has 0 spiro atoms. The molecule has 0 bridgehead atoms. The molecule has 1 amide bonds. The highest BCUT2D eigenvalue weighted by Crippen LogP contribution is 2.33. The summed E-state index contributed by atoms with van der Waals surface area (Å²) < 4.78 is 7.80. The SMILES string of the molecule is COc1cccc2sc(NC(=O)c3c(C)nn(Cc4ccccc4Cl)c3Cl)nc12. The minimum Gasteiger partial charge on any atom is -0.494 e. The number of hydrogen-bond donors (Lipinski definition) is 1.